The van der Waals surface area contributed by atoms with Gasteiger partial charge in [-0.05, 0) is 41.5 Å². The van der Waals surface area contributed by atoms with Crippen LogP contribution in [0.2, 0.25) is 5.02 Å². The lowest BCUT2D eigenvalue weighted by molar-refractivity contribution is 0.178. The summed E-state index contributed by atoms with van der Waals surface area (Å²) < 4.78 is 13.8. The van der Waals surface area contributed by atoms with E-state index in [0.717, 1.165) is 5.56 Å². The second kappa shape index (κ2) is 5.83. The summed E-state index contributed by atoms with van der Waals surface area (Å²) in [5.41, 5.74) is 1.46. The highest BCUT2D eigenvalue weighted by molar-refractivity contribution is 9.10. The second-order valence-corrected chi connectivity index (χ2v) is 5.40. The molecular formula is C14H11BrClFO. The van der Waals surface area contributed by atoms with Crippen molar-refractivity contribution < 1.29 is 9.50 Å². The van der Waals surface area contributed by atoms with Gasteiger partial charge in [0, 0.05) is 15.9 Å². The van der Waals surface area contributed by atoms with Crippen LogP contribution in [-0.4, -0.2) is 5.11 Å². The minimum absolute atomic E-state index is 0.371. The van der Waals surface area contributed by atoms with Crippen molar-refractivity contribution in [1.29, 1.82) is 0 Å². The third kappa shape index (κ3) is 3.55. The van der Waals surface area contributed by atoms with Gasteiger partial charge in [-0.15, -0.1) is 0 Å². The molecule has 1 nitrogen and oxygen atoms in total. The van der Waals surface area contributed by atoms with Crippen molar-refractivity contribution in [3.8, 4) is 0 Å². The Labute approximate surface area is 118 Å². The Balaban J connectivity index is 2.19. The van der Waals surface area contributed by atoms with E-state index in [1.54, 1.807) is 18.2 Å². The fraction of sp³-hybridized carbons (Fsp3) is 0.143. The number of aliphatic hydroxyl groups is 1. The predicted octanol–water partition coefficient (Wildman–Crippen LogP) is 4.52. The smallest absolute Gasteiger partial charge is 0.124 e. The second-order valence-electron chi connectivity index (χ2n) is 4.05. The molecule has 4 heteroatoms. The first-order chi connectivity index (χ1) is 8.54. The summed E-state index contributed by atoms with van der Waals surface area (Å²) >= 11 is 9.08. The molecule has 0 saturated heterocycles. The van der Waals surface area contributed by atoms with Crippen LogP contribution in [0.5, 0.6) is 0 Å². The van der Waals surface area contributed by atoms with Crippen LogP contribution in [0.3, 0.4) is 0 Å². The molecule has 0 aliphatic rings. The zero-order chi connectivity index (χ0) is 13.1. The number of rotatable bonds is 3. The summed E-state index contributed by atoms with van der Waals surface area (Å²) in [6.45, 7) is 0. The Morgan fingerprint density at radius 2 is 2.00 bits per heavy atom. The number of aliphatic hydroxyl groups excluding tert-OH is 1. The number of halogens is 3. The molecule has 0 bridgehead atoms. The summed E-state index contributed by atoms with van der Waals surface area (Å²) in [5, 5.41) is 10.7. The number of benzene rings is 2. The monoisotopic (exact) mass is 328 g/mol. The first kappa shape index (κ1) is 13.5. The minimum atomic E-state index is -0.754. The van der Waals surface area contributed by atoms with Gasteiger partial charge in [0.25, 0.3) is 0 Å². The highest BCUT2D eigenvalue weighted by Gasteiger charge is 2.11. The molecule has 0 aliphatic heterocycles. The van der Waals surface area contributed by atoms with E-state index < -0.39 is 6.10 Å². The van der Waals surface area contributed by atoms with Gasteiger partial charge in [-0.3, -0.25) is 0 Å². The van der Waals surface area contributed by atoms with E-state index in [2.05, 4.69) is 15.9 Å². The Kier molecular flexibility index (Phi) is 4.38. The van der Waals surface area contributed by atoms with Gasteiger partial charge >= 0.3 is 0 Å². The van der Waals surface area contributed by atoms with Crippen LogP contribution in [0.1, 0.15) is 17.2 Å². The molecule has 0 heterocycles. The highest BCUT2D eigenvalue weighted by atomic mass is 79.9. The topological polar surface area (TPSA) is 20.2 Å². The van der Waals surface area contributed by atoms with E-state index in [1.165, 1.54) is 12.1 Å². The maximum Gasteiger partial charge on any atom is 0.124 e. The van der Waals surface area contributed by atoms with Crippen LogP contribution in [0.25, 0.3) is 0 Å². The van der Waals surface area contributed by atoms with Crippen molar-refractivity contribution in [2.75, 3.05) is 0 Å². The van der Waals surface area contributed by atoms with Gasteiger partial charge in [-0.2, -0.15) is 0 Å². The Morgan fingerprint density at radius 3 is 2.67 bits per heavy atom. The van der Waals surface area contributed by atoms with Crippen LogP contribution < -0.4 is 0 Å². The van der Waals surface area contributed by atoms with Crippen LogP contribution in [0.15, 0.2) is 46.9 Å². The van der Waals surface area contributed by atoms with Gasteiger partial charge < -0.3 is 5.11 Å². The standard InChI is InChI=1S/C14H11BrClFO/c15-11-6-10(7-13(17)8-11)14(18)5-9-2-1-3-12(16)4-9/h1-4,6-8,14,18H,5H2. The highest BCUT2D eigenvalue weighted by Crippen LogP contribution is 2.24. The fourth-order valence-corrected chi connectivity index (χ4v) is 2.47. The molecule has 2 rings (SSSR count). The zero-order valence-corrected chi connectivity index (χ0v) is 11.7. The van der Waals surface area contributed by atoms with Crippen molar-refractivity contribution in [3.05, 3.63) is 68.9 Å². The van der Waals surface area contributed by atoms with Crippen molar-refractivity contribution in [2.45, 2.75) is 12.5 Å². The summed E-state index contributed by atoms with van der Waals surface area (Å²) in [6.07, 6.45) is -0.355. The molecule has 0 aliphatic carbocycles. The molecule has 0 radical (unpaired) electrons. The zero-order valence-electron chi connectivity index (χ0n) is 9.41. The molecule has 1 N–H and O–H groups in total. The fourth-order valence-electron chi connectivity index (χ4n) is 1.77. The van der Waals surface area contributed by atoms with E-state index in [4.69, 9.17) is 11.6 Å². The van der Waals surface area contributed by atoms with Gasteiger partial charge in [0.1, 0.15) is 5.82 Å². The minimum Gasteiger partial charge on any atom is -0.388 e. The largest absolute Gasteiger partial charge is 0.388 e. The Bertz CT molecular complexity index is 539. The van der Waals surface area contributed by atoms with E-state index in [-0.39, 0.29) is 5.82 Å². The third-order valence-electron chi connectivity index (χ3n) is 2.59. The normalized spacial score (nSPS) is 12.4. The van der Waals surface area contributed by atoms with Crippen molar-refractivity contribution in [1.82, 2.24) is 0 Å². The van der Waals surface area contributed by atoms with Gasteiger partial charge in [-0.25, -0.2) is 4.39 Å². The lowest BCUT2D eigenvalue weighted by Crippen LogP contribution is -2.02. The maximum atomic E-state index is 13.2. The van der Waals surface area contributed by atoms with E-state index in [0.29, 0.717) is 21.5 Å². The molecule has 1 atom stereocenters. The van der Waals surface area contributed by atoms with E-state index in [1.807, 2.05) is 12.1 Å². The lowest BCUT2D eigenvalue weighted by atomic mass is 10.0. The Hall–Kier alpha value is -0.900. The van der Waals surface area contributed by atoms with E-state index in [9.17, 15) is 9.50 Å². The molecule has 0 spiro atoms. The average molecular weight is 330 g/mol. The SMILES string of the molecule is OC(Cc1cccc(Cl)c1)c1cc(F)cc(Br)c1. The lowest BCUT2D eigenvalue weighted by Gasteiger charge is -2.12. The summed E-state index contributed by atoms with van der Waals surface area (Å²) in [4.78, 5) is 0. The first-order valence-electron chi connectivity index (χ1n) is 5.43. The summed E-state index contributed by atoms with van der Waals surface area (Å²) in [7, 11) is 0. The van der Waals surface area contributed by atoms with Crippen LogP contribution in [0, 0.1) is 5.82 Å². The van der Waals surface area contributed by atoms with Gasteiger partial charge in [-0.1, -0.05) is 39.7 Å². The van der Waals surface area contributed by atoms with E-state index >= 15 is 0 Å². The first-order valence-corrected chi connectivity index (χ1v) is 6.60. The molecule has 0 saturated carbocycles. The molecule has 18 heavy (non-hydrogen) atoms. The summed E-state index contributed by atoms with van der Waals surface area (Å²) in [6, 6.07) is 11.7. The molecule has 2 aromatic rings. The third-order valence-corrected chi connectivity index (χ3v) is 3.28. The van der Waals surface area contributed by atoms with Gasteiger partial charge in [0.2, 0.25) is 0 Å². The average Bonchev–Trinajstić information content (AvgIpc) is 2.27. The molecule has 0 amide bonds. The molecular weight excluding hydrogens is 319 g/mol. The molecule has 94 valence electrons. The summed E-state index contributed by atoms with van der Waals surface area (Å²) in [5.74, 6) is -0.371. The number of hydrogen-bond acceptors (Lipinski definition) is 1. The molecule has 0 fully saturated rings. The predicted molar refractivity (Wildman–Crippen MR) is 74.2 cm³/mol. The number of hydrogen-bond donors (Lipinski definition) is 1. The van der Waals surface area contributed by atoms with Crippen LogP contribution in [-0.2, 0) is 6.42 Å². The van der Waals surface area contributed by atoms with Crippen molar-refractivity contribution in [3.63, 3.8) is 0 Å². The van der Waals surface area contributed by atoms with Gasteiger partial charge in [0.05, 0.1) is 6.10 Å². The quantitative estimate of drug-likeness (QED) is 0.878. The molecule has 0 aromatic heterocycles. The van der Waals surface area contributed by atoms with Crippen LogP contribution >= 0.6 is 27.5 Å². The molecule has 1 unspecified atom stereocenters. The maximum absolute atomic E-state index is 13.2. The van der Waals surface area contributed by atoms with Gasteiger partial charge in [0.15, 0.2) is 0 Å². The van der Waals surface area contributed by atoms with Crippen LogP contribution in [0.4, 0.5) is 4.39 Å². The van der Waals surface area contributed by atoms with Crippen molar-refractivity contribution in [2.24, 2.45) is 0 Å². The Morgan fingerprint density at radius 1 is 1.22 bits per heavy atom. The molecule has 2 aromatic carbocycles. The van der Waals surface area contributed by atoms with Crippen molar-refractivity contribution >= 4 is 27.5 Å².